The molecule has 3 aromatic rings. The summed E-state index contributed by atoms with van der Waals surface area (Å²) in [5.41, 5.74) is 4.42. The minimum Gasteiger partial charge on any atom is -0.310 e. The van der Waals surface area contributed by atoms with E-state index in [2.05, 4.69) is 48.0 Å². The number of hydrogen-bond acceptors (Lipinski definition) is 5. The molecular weight excluding hydrogens is 432 g/mol. The molecule has 0 aliphatic heterocycles. The van der Waals surface area contributed by atoms with Crippen LogP contribution in [0.4, 0.5) is 0 Å². The maximum absolute atomic E-state index is 11.7. The highest BCUT2D eigenvalue weighted by atomic mass is 32.2. The fraction of sp³-hybridized carbons (Fsp3) is 0.391. The van der Waals surface area contributed by atoms with Crippen molar-refractivity contribution in [2.24, 2.45) is 11.1 Å². The Labute approximate surface area is 187 Å². The van der Waals surface area contributed by atoms with Crippen LogP contribution in [0.15, 0.2) is 51.4 Å². The van der Waals surface area contributed by atoms with E-state index in [-0.39, 0.29) is 4.21 Å². The number of rotatable bonds is 8. The minimum absolute atomic E-state index is 0.199. The molecular formula is C23H28N2O2S3. The summed E-state index contributed by atoms with van der Waals surface area (Å²) in [5, 5.41) is 13.0. The second-order valence-electron chi connectivity index (χ2n) is 8.19. The summed E-state index contributed by atoms with van der Waals surface area (Å²) in [6.07, 6.45) is 6.77. The minimum atomic E-state index is -3.68. The van der Waals surface area contributed by atoms with Crippen molar-refractivity contribution >= 4 is 32.7 Å². The topological polar surface area (TPSA) is 72.2 Å². The van der Waals surface area contributed by atoms with E-state index in [1.807, 2.05) is 5.38 Å². The first-order chi connectivity index (χ1) is 14.4. The molecule has 3 N–H and O–H groups in total. The molecule has 160 valence electrons. The van der Waals surface area contributed by atoms with Crippen molar-refractivity contribution in [3.8, 4) is 21.6 Å². The molecule has 0 saturated heterocycles. The van der Waals surface area contributed by atoms with Gasteiger partial charge in [0, 0.05) is 28.4 Å². The van der Waals surface area contributed by atoms with Crippen LogP contribution < -0.4 is 10.5 Å². The second kappa shape index (κ2) is 9.32. The van der Waals surface area contributed by atoms with Gasteiger partial charge >= 0.3 is 0 Å². The molecule has 0 amide bonds. The summed E-state index contributed by atoms with van der Waals surface area (Å²) >= 11 is 2.86. The molecule has 0 radical (unpaired) electrons. The first-order valence-corrected chi connectivity index (χ1v) is 13.7. The lowest BCUT2D eigenvalue weighted by Crippen LogP contribution is -2.27. The van der Waals surface area contributed by atoms with Crippen LogP contribution in [0.1, 0.15) is 44.6 Å². The van der Waals surface area contributed by atoms with Crippen molar-refractivity contribution in [2.45, 2.75) is 55.8 Å². The number of benzene rings is 1. The first kappa shape index (κ1) is 21.7. The Bertz CT molecular complexity index is 1100. The third-order valence-corrected chi connectivity index (χ3v) is 9.23. The normalized spacial score (nSPS) is 16.2. The predicted molar refractivity (Wildman–Crippen MR) is 127 cm³/mol. The highest BCUT2D eigenvalue weighted by Crippen LogP contribution is 2.40. The van der Waals surface area contributed by atoms with Crippen LogP contribution in [0.25, 0.3) is 21.6 Å². The van der Waals surface area contributed by atoms with Gasteiger partial charge in [-0.2, -0.15) is 0 Å². The molecule has 1 fully saturated rings. The Balaban J connectivity index is 1.54. The molecule has 7 heteroatoms. The van der Waals surface area contributed by atoms with E-state index in [1.165, 1.54) is 54.6 Å². The second-order valence-corrected chi connectivity index (χ2v) is 11.8. The van der Waals surface area contributed by atoms with Crippen LogP contribution in [0.5, 0.6) is 0 Å². The summed E-state index contributed by atoms with van der Waals surface area (Å²) in [4.78, 5) is 1.16. The zero-order valence-electron chi connectivity index (χ0n) is 17.1. The van der Waals surface area contributed by atoms with Crippen molar-refractivity contribution in [1.29, 1.82) is 0 Å². The van der Waals surface area contributed by atoms with Gasteiger partial charge in [0.05, 0.1) is 0 Å². The van der Waals surface area contributed by atoms with Gasteiger partial charge in [0.25, 0.3) is 0 Å². The summed E-state index contributed by atoms with van der Waals surface area (Å²) in [6, 6.07) is 12.7. The van der Waals surface area contributed by atoms with Crippen molar-refractivity contribution in [1.82, 2.24) is 5.32 Å². The molecule has 4 rings (SSSR count). The first-order valence-electron chi connectivity index (χ1n) is 10.4. The standard InChI is InChI=1S/C23H28N2O2S3/c1-16(12-17-6-2-3-7-17)25-14-18-8-4-5-9-20(18)23-21(10-11-28-23)19-13-22(29-15-19)30(24,26)27/h4-5,8-11,13,15-17,25H,2-3,6-7,12,14H2,1H3,(H2,24,26,27)/t16-/m0/s1. The molecule has 1 aliphatic rings. The number of nitrogens with two attached hydrogens (primary N) is 1. The van der Waals surface area contributed by atoms with E-state index in [1.54, 1.807) is 17.4 Å². The Hall–Kier alpha value is -1.51. The highest BCUT2D eigenvalue weighted by molar-refractivity contribution is 7.91. The van der Waals surface area contributed by atoms with E-state index in [0.29, 0.717) is 6.04 Å². The van der Waals surface area contributed by atoms with Gasteiger partial charge < -0.3 is 5.32 Å². The Morgan fingerprint density at radius 1 is 1.13 bits per heavy atom. The van der Waals surface area contributed by atoms with Crippen molar-refractivity contribution < 1.29 is 8.42 Å². The lowest BCUT2D eigenvalue weighted by Gasteiger charge is -2.19. The SMILES string of the molecule is C[C@@H](CC1CCCC1)NCc1ccccc1-c1sccc1-c1csc(S(N)(=O)=O)c1. The van der Waals surface area contributed by atoms with Crippen LogP contribution in [0, 0.1) is 5.92 Å². The fourth-order valence-corrected chi connectivity index (χ4v) is 6.95. The summed E-state index contributed by atoms with van der Waals surface area (Å²) in [5.74, 6) is 0.873. The van der Waals surface area contributed by atoms with Crippen molar-refractivity contribution in [3.05, 3.63) is 52.7 Å². The van der Waals surface area contributed by atoms with Gasteiger partial charge in [0.2, 0.25) is 10.0 Å². The van der Waals surface area contributed by atoms with Crippen molar-refractivity contribution in [3.63, 3.8) is 0 Å². The fourth-order valence-electron chi connectivity index (χ4n) is 4.36. The van der Waals surface area contributed by atoms with E-state index in [0.717, 1.165) is 28.5 Å². The Morgan fingerprint density at radius 3 is 2.63 bits per heavy atom. The molecule has 30 heavy (non-hydrogen) atoms. The van der Waals surface area contributed by atoms with Gasteiger partial charge in [0.15, 0.2) is 0 Å². The van der Waals surface area contributed by atoms with E-state index >= 15 is 0 Å². The van der Waals surface area contributed by atoms with Crippen LogP contribution in [0.3, 0.4) is 0 Å². The number of primary sulfonamides is 1. The van der Waals surface area contributed by atoms with Gasteiger partial charge in [-0.15, -0.1) is 22.7 Å². The monoisotopic (exact) mass is 460 g/mol. The van der Waals surface area contributed by atoms with Gasteiger partial charge in [-0.1, -0.05) is 49.9 Å². The maximum atomic E-state index is 11.7. The average molecular weight is 461 g/mol. The van der Waals surface area contributed by atoms with Crippen LogP contribution in [0.2, 0.25) is 0 Å². The zero-order valence-corrected chi connectivity index (χ0v) is 19.6. The summed E-state index contributed by atoms with van der Waals surface area (Å²) in [6.45, 7) is 3.12. The molecule has 1 atom stereocenters. The summed E-state index contributed by atoms with van der Waals surface area (Å²) < 4.78 is 23.6. The highest BCUT2D eigenvalue weighted by Gasteiger charge is 2.19. The average Bonchev–Trinajstić information content (AvgIpc) is 3.46. The number of hydrogen-bond donors (Lipinski definition) is 2. The zero-order chi connectivity index (χ0) is 21.1. The molecule has 1 saturated carbocycles. The van der Waals surface area contributed by atoms with Crippen LogP contribution in [-0.4, -0.2) is 14.5 Å². The molecule has 2 heterocycles. The number of thiophene rings is 2. The van der Waals surface area contributed by atoms with E-state index < -0.39 is 10.0 Å². The predicted octanol–water partition coefficient (Wildman–Crippen LogP) is 5.85. The molecule has 2 aromatic heterocycles. The lowest BCUT2D eigenvalue weighted by atomic mass is 9.98. The number of nitrogens with one attached hydrogen (secondary N) is 1. The van der Waals surface area contributed by atoms with Crippen LogP contribution in [-0.2, 0) is 16.6 Å². The van der Waals surface area contributed by atoms with Gasteiger partial charge in [-0.3, -0.25) is 0 Å². The third kappa shape index (κ3) is 5.03. The van der Waals surface area contributed by atoms with E-state index in [4.69, 9.17) is 5.14 Å². The van der Waals surface area contributed by atoms with Crippen molar-refractivity contribution in [2.75, 3.05) is 0 Å². The molecule has 4 nitrogen and oxygen atoms in total. The molecule has 1 aliphatic carbocycles. The molecule has 0 bridgehead atoms. The Morgan fingerprint density at radius 2 is 1.90 bits per heavy atom. The van der Waals surface area contributed by atoms with Gasteiger partial charge in [-0.25, -0.2) is 13.6 Å². The molecule has 0 unspecified atom stereocenters. The largest absolute Gasteiger partial charge is 0.310 e. The molecule has 0 spiro atoms. The van der Waals surface area contributed by atoms with Gasteiger partial charge in [0.1, 0.15) is 4.21 Å². The van der Waals surface area contributed by atoms with Crippen LogP contribution >= 0.6 is 22.7 Å². The third-order valence-electron chi connectivity index (χ3n) is 5.90. The Kier molecular flexibility index (Phi) is 6.75. The van der Waals surface area contributed by atoms with E-state index in [9.17, 15) is 8.42 Å². The smallest absolute Gasteiger partial charge is 0.247 e. The quantitative estimate of drug-likeness (QED) is 0.443. The maximum Gasteiger partial charge on any atom is 0.247 e. The summed E-state index contributed by atoms with van der Waals surface area (Å²) in [7, 11) is -3.68. The van der Waals surface area contributed by atoms with Gasteiger partial charge in [-0.05, 0) is 53.5 Å². The molecule has 1 aromatic carbocycles. The number of sulfonamides is 1. The lowest BCUT2D eigenvalue weighted by molar-refractivity contribution is 0.404.